The van der Waals surface area contributed by atoms with Crippen LogP contribution in [0.5, 0.6) is 0 Å². The maximum atomic E-state index is 11.3. The van der Waals surface area contributed by atoms with Gasteiger partial charge in [0.2, 0.25) is 0 Å². The fourth-order valence-corrected chi connectivity index (χ4v) is 1.15. The summed E-state index contributed by atoms with van der Waals surface area (Å²) >= 11 is 3.22. The van der Waals surface area contributed by atoms with Gasteiger partial charge in [0, 0.05) is 17.1 Å². The molecule has 0 aliphatic carbocycles. The predicted molar refractivity (Wildman–Crippen MR) is 52.6 cm³/mol. The van der Waals surface area contributed by atoms with Crippen molar-refractivity contribution in [3.63, 3.8) is 0 Å². The van der Waals surface area contributed by atoms with Gasteiger partial charge in [0.15, 0.2) is 5.78 Å². The van der Waals surface area contributed by atoms with Crippen LogP contribution in [0.4, 0.5) is 0 Å². The molecule has 1 aromatic heterocycles. The van der Waals surface area contributed by atoms with E-state index in [9.17, 15) is 4.79 Å². The van der Waals surface area contributed by atoms with Crippen molar-refractivity contribution >= 4 is 21.7 Å². The minimum Gasteiger partial charge on any atom is -0.393 e. The van der Waals surface area contributed by atoms with Crippen LogP contribution in [0.25, 0.3) is 0 Å². The lowest BCUT2D eigenvalue weighted by atomic mass is 10.1. The molecule has 0 aromatic carbocycles. The minimum atomic E-state index is -0.613. The summed E-state index contributed by atoms with van der Waals surface area (Å²) < 4.78 is 0.834. The van der Waals surface area contributed by atoms with Crippen molar-refractivity contribution in [1.29, 1.82) is 0 Å². The second kappa shape index (κ2) is 4.48. The number of Topliss-reactive ketones (excluding diaryl/α,β-unsaturated/α-hetero) is 1. The van der Waals surface area contributed by atoms with Crippen LogP contribution < -0.4 is 0 Å². The molecule has 0 saturated heterocycles. The molecule has 70 valence electrons. The zero-order chi connectivity index (χ0) is 9.84. The van der Waals surface area contributed by atoms with Crippen LogP contribution in [0.2, 0.25) is 0 Å². The van der Waals surface area contributed by atoms with E-state index < -0.39 is 6.10 Å². The number of halogens is 1. The second-order valence-electron chi connectivity index (χ2n) is 2.84. The molecule has 0 bridgehead atoms. The number of ketones is 1. The summed E-state index contributed by atoms with van der Waals surface area (Å²) in [5.41, 5.74) is 0.393. The summed E-state index contributed by atoms with van der Waals surface area (Å²) in [6, 6.07) is 3.39. The highest BCUT2D eigenvalue weighted by molar-refractivity contribution is 9.10. The van der Waals surface area contributed by atoms with E-state index in [1.165, 1.54) is 0 Å². The van der Waals surface area contributed by atoms with Gasteiger partial charge < -0.3 is 5.11 Å². The van der Waals surface area contributed by atoms with Gasteiger partial charge in [0.25, 0.3) is 0 Å². The lowest BCUT2D eigenvalue weighted by molar-refractivity contribution is 0.0896. The zero-order valence-corrected chi connectivity index (χ0v) is 8.78. The average molecular weight is 244 g/mol. The van der Waals surface area contributed by atoms with Crippen molar-refractivity contribution in [2.75, 3.05) is 0 Å². The summed E-state index contributed by atoms with van der Waals surface area (Å²) in [4.78, 5) is 15.3. The Hall–Kier alpha value is -0.740. The minimum absolute atomic E-state index is 0.120. The molecule has 13 heavy (non-hydrogen) atoms. The molecular formula is C9H10BrNO2. The third-order valence-corrected chi connectivity index (χ3v) is 1.96. The van der Waals surface area contributed by atoms with Crippen LogP contribution in [0.3, 0.4) is 0 Å². The molecule has 1 heterocycles. The molecule has 0 radical (unpaired) electrons. The molecule has 0 saturated carbocycles. The molecule has 4 heteroatoms. The van der Waals surface area contributed by atoms with Crippen molar-refractivity contribution in [3.8, 4) is 0 Å². The number of nitrogens with zero attached hydrogens (tertiary/aromatic N) is 1. The summed E-state index contributed by atoms with van der Waals surface area (Å²) in [5, 5.41) is 8.98. The van der Waals surface area contributed by atoms with E-state index in [2.05, 4.69) is 20.9 Å². The van der Waals surface area contributed by atoms with Gasteiger partial charge in [0.1, 0.15) is 5.69 Å². The first-order chi connectivity index (χ1) is 6.09. The summed E-state index contributed by atoms with van der Waals surface area (Å²) in [7, 11) is 0. The van der Waals surface area contributed by atoms with Crippen LogP contribution in [0.1, 0.15) is 23.8 Å². The Morgan fingerprint density at radius 1 is 1.69 bits per heavy atom. The van der Waals surface area contributed by atoms with Crippen LogP contribution >= 0.6 is 15.9 Å². The van der Waals surface area contributed by atoms with E-state index in [0.29, 0.717) is 5.69 Å². The van der Waals surface area contributed by atoms with Crippen LogP contribution in [-0.4, -0.2) is 22.0 Å². The lowest BCUT2D eigenvalue weighted by Crippen LogP contribution is -2.10. The Balaban J connectivity index is 2.72. The summed E-state index contributed by atoms with van der Waals surface area (Å²) in [6.45, 7) is 1.58. The standard InChI is InChI=1S/C9H10BrNO2/c1-6(12)4-9(13)8-3-2-7(10)5-11-8/h2-3,5-6,12H,4H2,1H3. The fourth-order valence-electron chi connectivity index (χ4n) is 0.914. The Morgan fingerprint density at radius 3 is 2.85 bits per heavy atom. The van der Waals surface area contributed by atoms with Crippen LogP contribution in [0, 0.1) is 0 Å². The molecule has 0 spiro atoms. The third kappa shape index (κ3) is 3.24. The van der Waals surface area contributed by atoms with Gasteiger partial charge in [-0.25, -0.2) is 0 Å². The quantitative estimate of drug-likeness (QED) is 0.824. The summed E-state index contributed by atoms with van der Waals surface area (Å²) in [5.74, 6) is -0.137. The number of carbonyl (C=O) groups is 1. The molecule has 1 rings (SSSR count). The van der Waals surface area contributed by atoms with Gasteiger partial charge >= 0.3 is 0 Å². The van der Waals surface area contributed by atoms with Gasteiger partial charge in [0.05, 0.1) is 6.10 Å². The first-order valence-corrected chi connectivity index (χ1v) is 4.71. The van der Waals surface area contributed by atoms with E-state index in [0.717, 1.165) is 4.47 Å². The number of aliphatic hydroxyl groups excluding tert-OH is 1. The molecule has 0 aliphatic rings. The largest absolute Gasteiger partial charge is 0.393 e. The number of hydrogen-bond acceptors (Lipinski definition) is 3. The molecule has 0 fully saturated rings. The van der Waals surface area contributed by atoms with Crippen molar-refractivity contribution in [1.82, 2.24) is 4.98 Å². The molecular weight excluding hydrogens is 234 g/mol. The van der Waals surface area contributed by atoms with E-state index >= 15 is 0 Å². The first-order valence-electron chi connectivity index (χ1n) is 3.92. The van der Waals surface area contributed by atoms with Gasteiger partial charge in [-0.15, -0.1) is 0 Å². The third-order valence-electron chi connectivity index (χ3n) is 1.49. The maximum Gasteiger partial charge on any atom is 0.183 e. The molecule has 0 aliphatic heterocycles. The molecule has 1 N–H and O–H groups in total. The topological polar surface area (TPSA) is 50.2 Å². The van der Waals surface area contributed by atoms with Crippen LogP contribution in [-0.2, 0) is 0 Å². The highest BCUT2D eigenvalue weighted by atomic mass is 79.9. The molecule has 1 unspecified atom stereocenters. The smallest absolute Gasteiger partial charge is 0.183 e. The Kier molecular flexibility index (Phi) is 3.57. The second-order valence-corrected chi connectivity index (χ2v) is 3.75. The van der Waals surface area contributed by atoms with Gasteiger partial charge in [-0.1, -0.05) is 0 Å². The van der Waals surface area contributed by atoms with Crippen molar-refractivity contribution in [2.24, 2.45) is 0 Å². The highest BCUT2D eigenvalue weighted by Gasteiger charge is 2.09. The molecule has 1 atom stereocenters. The fraction of sp³-hybridized carbons (Fsp3) is 0.333. The number of hydrogen-bond donors (Lipinski definition) is 1. The van der Waals surface area contributed by atoms with Gasteiger partial charge in [-0.2, -0.15) is 0 Å². The van der Waals surface area contributed by atoms with Crippen molar-refractivity contribution in [2.45, 2.75) is 19.4 Å². The molecule has 0 amide bonds. The number of aliphatic hydroxyl groups is 1. The monoisotopic (exact) mass is 243 g/mol. The van der Waals surface area contributed by atoms with Crippen LogP contribution in [0.15, 0.2) is 22.8 Å². The Labute approximate surface area is 84.9 Å². The van der Waals surface area contributed by atoms with Crippen molar-refractivity contribution in [3.05, 3.63) is 28.5 Å². The Morgan fingerprint density at radius 2 is 2.38 bits per heavy atom. The van der Waals surface area contributed by atoms with E-state index in [1.54, 1.807) is 25.3 Å². The van der Waals surface area contributed by atoms with Gasteiger partial charge in [-0.3, -0.25) is 9.78 Å². The normalized spacial score (nSPS) is 12.5. The van der Waals surface area contributed by atoms with Crippen molar-refractivity contribution < 1.29 is 9.90 Å². The van der Waals surface area contributed by atoms with E-state index in [4.69, 9.17) is 5.11 Å². The van der Waals surface area contributed by atoms with Gasteiger partial charge in [-0.05, 0) is 35.0 Å². The highest BCUT2D eigenvalue weighted by Crippen LogP contribution is 2.09. The number of aromatic nitrogens is 1. The van der Waals surface area contributed by atoms with E-state index in [1.807, 2.05) is 0 Å². The average Bonchev–Trinajstić information content (AvgIpc) is 2.04. The zero-order valence-electron chi connectivity index (χ0n) is 7.20. The summed E-state index contributed by atoms with van der Waals surface area (Å²) in [6.07, 6.45) is 1.07. The first kappa shape index (κ1) is 10.3. The number of carbonyl (C=O) groups excluding carboxylic acids is 1. The lowest BCUT2D eigenvalue weighted by Gasteiger charge is -2.02. The maximum absolute atomic E-state index is 11.3. The molecule has 3 nitrogen and oxygen atoms in total. The molecule has 1 aromatic rings. The number of rotatable bonds is 3. The SMILES string of the molecule is CC(O)CC(=O)c1ccc(Br)cn1. The number of pyridine rings is 1. The Bertz CT molecular complexity index is 295. The predicted octanol–water partition coefficient (Wildman–Crippen LogP) is 1.80. The van der Waals surface area contributed by atoms with E-state index in [-0.39, 0.29) is 12.2 Å².